The van der Waals surface area contributed by atoms with Crippen LogP contribution in [0.15, 0.2) is 28.6 Å². The van der Waals surface area contributed by atoms with Gasteiger partial charge in [-0.3, -0.25) is 4.79 Å². The lowest BCUT2D eigenvalue weighted by atomic mass is 10.1. The highest BCUT2D eigenvalue weighted by Gasteiger charge is 2.11. The molecule has 0 saturated carbocycles. The summed E-state index contributed by atoms with van der Waals surface area (Å²) in [5.74, 6) is 0.965. The molecule has 0 unspecified atom stereocenters. The van der Waals surface area contributed by atoms with E-state index in [1.54, 1.807) is 23.1 Å². The molecule has 1 amide bonds. The smallest absolute Gasteiger partial charge is 0.221 e. The van der Waals surface area contributed by atoms with E-state index < -0.39 is 0 Å². The highest BCUT2D eigenvalue weighted by atomic mass is 32.2. The van der Waals surface area contributed by atoms with E-state index in [0.29, 0.717) is 0 Å². The zero-order chi connectivity index (χ0) is 17.5. The molecule has 1 saturated heterocycles. The summed E-state index contributed by atoms with van der Waals surface area (Å²) in [6, 6.07) is 7.57. The lowest BCUT2D eigenvalue weighted by molar-refractivity contribution is -0.114. The molecule has 3 rings (SSSR count). The number of amides is 1. The highest BCUT2D eigenvalue weighted by Crippen LogP contribution is 2.28. The van der Waals surface area contributed by atoms with Gasteiger partial charge in [0.15, 0.2) is 4.34 Å². The first-order valence-corrected chi connectivity index (χ1v) is 10.3. The SMILES string of the molecule is CC(=O)Nc1cccc(Nc2nnc(SCCN3CCCCC3)s2)c1. The van der Waals surface area contributed by atoms with Crippen molar-refractivity contribution in [1.82, 2.24) is 15.1 Å². The van der Waals surface area contributed by atoms with E-state index in [4.69, 9.17) is 0 Å². The molecule has 0 spiro atoms. The van der Waals surface area contributed by atoms with Gasteiger partial charge in [-0.25, -0.2) is 0 Å². The van der Waals surface area contributed by atoms with Crippen LogP contribution in [0, 0.1) is 0 Å². The van der Waals surface area contributed by atoms with Crippen LogP contribution in [0.1, 0.15) is 26.2 Å². The van der Waals surface area contributed by atoms with E-state index in [0.717, 1.165) is 33.1 Å². The minimum atomic E-state index is -0.0829. The average molecular weight is 378 g/mol. The van der Waals surface area contributed by atoms with Crippen molar-refractivity contribution in [3.63, 3.8) is 0 Å². The van der Waals surface area contributed by atoms with Crippen molar-refractivity contribution >= 4 is 45.5 Å². The van der Waals surface area contributed by atoms with Crippen molar-refractivity contribution in [2.45, 2.75) is 30.5 Å². The quantitative estimate of drug-likeness (QED) is 0.715. The molecule has 2 aromatic rings. The number of thioether (sulfide) groups is 1. The van der Waals surface area contributed by atoms with Gasteiger partial charge < -0.3 is 15.5 Å². The molecule has 0 aliphatic carbocycles. The second-order valence-electron chi connectivity index (χ2n) is 6.01. The topological polar surface area (TPSA) is 70.1 Å². The fraction of sp³-hybridized carbons (Fsp3) is 0.471. The first kappa shape index (κ1) is 18.2. The third kappa shape index (κ3) is 5.98. The Kier molecular flexibility index (Phi) is 6.66. The molecule has 8 heteroatoms. The summed E-state index contributed by atoms with van der Waals surface area (Å²) in [6.07, 6.45) is 4.03. The molecule has 1 aromatic carbocycles. The fourth-order valence-electron chi connectivity index (χ4n) is 2.77. The minimum absolute atomic E-state index is 0.0829. The molecule has 134 valence electrons. The Morgan fingerprint density at radius 2 is 2.04 bits per heavy atom. The third-order valence-electron chi connectivity index (χ3n) is 3.92. The molecule has 25 heavy (non-hydrogen) atoms. The first-order valence-electron chi connectivity index (χ1n) is 8.52. The van der Waals surface area contributed by atoms with E-state index in [1.807, 2.05) is 24.3 Å². The Hall–Kier alpha value is -1.64. The number of nitrogens with zero attached hydrogens (tertiary/aromatic N) is 3. The Morgan fingerprint density at radius 3 is 2.84 bits per heavy atom. The first-order chi connectivity index (χ1) is 12.2. The number of piperidine rings is 1. The van der Waals surface area contributed by atoms with Crippen LogP contribution < -0.4 is 10.6 Å². The maximum atomic E-state index is 11.1. The summed E-state index contributed by atoms with van der Waals surface area (Å²) in [7, 11) is 0. The Balaban J connectivity index is 1.48. The van der Waals surface area contributed by atoms with Crippen molar-refractivity contribution in [1.29, 1.82) is 0 Å². The molecule has 6 nitrogen and oxygen atoms in total. The van der Waals surface area contributed by atoms with Crippen molar-refractivity contribution in [2.75, 3.05) is 36.0 Å². The van der Waals surface area contributed by atoms with Crippen LogP contribution in [0.2, 0.25) is 0 Å². The molecule has 2 heterocycles. The summed E-state index contributed by atoms with van der Waals surface area (Å²) in [5, 5.41) is 15.2. The maximum absolute atomic E-state index is 11.1. The summed E-state index contributed by atoms with van der Waals surface area (Å²) in [4.78, 5) is 13.7. The van der Waals surface area contributed by atoms with Gasteiger partial charge in [0, 0.05) is 30.6 Å². The van der Waals surface area contributed by atoms with E-state index >= 15 is 0 Å². The van der Waals surface area contributed by atoms with Crippen molar-refractivity contribution in [2.24, 2.45) is 0 Å². The van der Waals surface area contributed by atoms with Crippen LogP contribution in [0.25, 0.3) is 0 Å². The number of nitrogens with one attached hydrogen (secondary N) is 2. The van der Waals surface area contributed by atoms with E-state index in [1.165, 1.54) is 39.3 Å². The van der Waals surface area contributed by atoms with Gasteiger partial charge in [-0.05, 0) is 44.1 Å². The predicted molar refractivity (Wildman–Crippen MR) is 105 cm³/mol. The van der Waals surface area contributed by atoms with Gasteiger partial charge in [-0.15, -0.1) is 10.2 Å². The lowest BCUT2D eigenvalue weighted by Crippen LogP contribution is -2.31. The van der Waals surface area contributed by atoms with Gasteiger partial charge in [0.1, 0.15) is 0 Å². The Bertz CT molecular complexity index is 700. The standard InChI is InChI=1S/C17H23N5OS2/c1-13(23)18-14-6-5-7-15(12-14)19-16-20-21-17(25-16)24-11-10-22-8-3-2-4-9-22/h5-7,12H,2-4,8-11H2,1H3,(H,18,23)(H,19,20). The van der Waals surface area contributed by atoms with Crippen molar-refractivity contribution in [3.05, 3.63) is 24.3 Å². The zero-order valence-corrected chi connectivity index (χ0v) is 16.0. The van der Waals surface area contributed by atoms with E-state index in [-0.39, 0.29) is 5.91 Å². The number of hydrogen-bond acceptors (Lipinski definition) is 7. The molecular formula is C17H23N5OS2. The number of hydrogen-bond donors (Lipinski definition) is 2. The molecule has 1 aromatic heterocycles. The summed E-state index contributed by atoms with van der Waals surface area (Å²) in [6.45, 7) is 5.08. The maximum Gasteiger partial charge on any atom is 0.221 e. The summed E-state index contributed by atoms with van der Waals surface area (Å²) < 4.78 is 0.984. The molecule has 0 radical (unpaired) electrons. The molecular weight excluding hydrogens is 354 g/mol. The third-order valence-corrected chi connectivity index (χ3v) is 5.87. The van der Waals surface area contributed by atoms with Gasteiger partial charge in [-0.1, -0.05) is 35.6 Å². The molecule has 2 N–H and O–H groups in total. The average Bonchev–Trinajstić information content (AvgIpc) is 3.03. The predicted octanol–water partition coefficient (Wildman–Crippen LogP) is 3.82. The monoisotopic (exact) mass is 377 g/mol. The number of anilines is 3. The highest BCUT2D eigenvalue weighted by molar-refractivity contribution is 8.01. The van der Waals surface area contributed by atoms with Gasteiger partial charge >= 0.3 is 0 Å². The fourth-order valence-corrected chi connectivity index (χ4v) is 4.61. The molecule has 1 aliphatic heterocycles. The number of benzene rings is 1. The lowest BCUT2D eigenvalue weighted by Gasteiger charge is -2.25. The Labute approximate surface area is 156 Å². The number of likely N-dealkylation sites (tertiary alicyclic amines) is 1. The van der Waals surface area contributed by atoms with Crippen LogP contribution in [0.3, 0.4) is 0 Å². The van der Waals surface area contributed by atoms with Crippen LogP contribution in [0.5, 0.6) is 0 Å². The van der Waals surface area contributed by atoms with Crippen molar-refractivity contribution in [3.8, 4) is 0 Å². The minimum Gasteiger partial charge on any atom is -0.330 e. The largest absolute Gasteiger partial charge is 0.330 e. The molecule has 0 atom stereocenters. The van der Waals surface area contributed by atoms with Crippen molar-refractivity contribution < 1.29 is 4.79 Å². The number of aromatic nitrogens is 2. The van der Waals surface area contributed by atoms with Gasteiger partial charge in [0.2, 0.25) is 11.0 Å². The Morgan fingerprint density at radius 1 is 1.24 bits per heavy atom. The summed E-state index contributed by atoms with van der Waals surface area (Å²) >= 11 is 3.32. The van der Waals surface area contributed by atoms with E-state index in [9.17, 15) is 4.79 Å². The van der Waals surface area contributed by atoms with Crippen LogP contribution in [0.4, 0.5) is 16.5 Å². The second kappa shape index (κ2) is 9.17. The zero-order valence-electron chi connectivity index (χ0n) is 14.3. The molecule has 1 fully saturated rings. The van der Waals surface area contributed by atoms with Gasteiger partial charge in [-0.2, -0.15) is 0 Å². The normalized spacial score (nSPS) is 15.1. The van der Waals surface area contributed by atoms with Crippen LogP contribution in [-0.2, 0) is 4.79 Å². The number of carbonyl (C=O) groups excluding carboxylic acids is 1. The number of carbonyl (C=O) groups is 1. The van der Waals surface area contributed by atoms with E-state index in [2.05, 4.69) is 25.7 Å². The van der Waals surface area contributed by atoms with Gasteiger partial charge in [0.25, 0.3) is 0 Å². The summed E-state index contributed by atoms with van der Waals surface area (Å²) in [5.41, 5.74) is 1.64. The molecule has 1 aliphatic rings. The molecule has 0 bridgehead atoms. The van der Waals surface area contributed by atoms with Crippen LogP contribution >= 0.6 is 23.1 Å². The van der Waals surface area contributed by atoms with Gasteiger partial charge in [0.05, 0.1) is 0 Å². The number of rotatable bonds is 7. The van der Waals surface area contributed by atoms with Crippen LogP contribution in [-0.4, -0.2) is 46.4 Å². The second-order valence-corrected chi connectivity index (χ2v) is 8.33.